The number of pyridine rings is 1. The quantitative estimate of drug-likeness (QED) is 0.459. The first-order chi connectivity index (χ1) is 12.7. The summed E-state index contributed by atoms with van der Waals surface area (Å²) in [6, 6.07) is 7.53. The van der Waals surface area contributed by atoms with Gasteiger partial charge in [-0.25, -0.2) is 4.98 Å². The van der Waals surface area contributed by atoms with E-state index in [2.05, 4.69) is 16.0 Å². The highest BCUT2D eigenvalue weighted by Gasteiger charge is 2.10. The number of hydrogen-bond donors (Lipinski definition) is 1. The number of benzene rings is 1. The summed E-state index contributed by atoms with van der Waals surface area (Å²) in [4.78, 5) is 20.0. The highest BCUT2D eigenvalue weighted by molar-refractivity contribution is 7.98. The van der Waals surface area contributed by atoms with Gasteiger partial charge in [-0.15, -0.1) is 11.3 Å². The summed E-state index contributed by atoms with van der Waals surface area (Å²) < 4.78 is 5.21. The molecule has 3 aromatic rings. The first-order valence-corrected chi connectivity index (χ1v) is 10.3. The van der Waals surface area contributed by atoms with Crippen LogP contribution in [0.5, 0.6) is 5.75 Å². The zero-order valence-electron chi connectivity index (χ0n) is 14.7. The van der Waals surface area contributed by atoms with Crippen molar-refractivity contribution in [3.63, 3.8) is 0 Å². The Bertz CT molecular complexity index is 1000. The van der Waals surface area contributed by atoms with Crippen LogP contribution in [-0.2, 0) is 5.75 Å². The lowest BCUT2D eigenvalue weighted by Crippen LogP contribution is -2.08. The second-order valence-corrected chi connectivity index (χ2v) is 7.53. The fraction of sp³-hybridized carbons (Fsp3) is 0.200. The first kappa shape index (κ1) is 18.5. The van der Waals surface area contributed by atoms with Crippen molar-refractivity contribution in [3.05, 3.63) is 69.3 Å². The van der Waals surface area contributed by atoms with Crippen molar-refractivity contribution in [1.82, 2.24) is 9.97 Å². The number of methoxy groups -OCH3 is 1. The van der Waals surface area contributed by atoms with Gasteiger partial charge in [-0.1, -0.05) is 24.3 Å². The van der Waals surface area contributed by atoms with E-state index in [0.717, 1.165) is 38.9 Å². The Morgan fingerprint density at radius 1 is 1.31 bits per heavy atom. The lowest BCUT2D eigenvalue weighted by molar-refractivity contribution is 0.415. The third kappa shape index (κ3) is 4.45. The van der Waals surface area contributed by atoms with E-state index in [1.54, 1.807) is 30.2 Å². The molecule has 2 aromatic heterocycles. The molecule has 0 amide bonds. The number of nitrogens with one attached hydrogen (secondary N) is 1. The van der Waals surface area contributed by atoms with Gasteiger partial charge in [-0.3, -0.25) is 4.79 Å². The van der Waals surface area contributed by atoms with Crippen molar-refractivity contribution in [3.8, 4) is 17.0 Å². The maximum absolute atomic E-state index is 12.5. The van der Waals surface area contributed by atoms with E-state index < -0.39 is 0 Å². The van der Waals surface area contributed by atoms with Crippen molar-refractivity contribution in [2.75, 3.05) is 12.9 Å². The Morgan fingerprint density at radius 3 is 3.00 bits per heavy atom. The number of aromatic nitrogens is 2. The zero-order valence-corrected chi connectivity index (χ0v) is 16.3. The van der Waals surface area contributed by atoms with Crippen molar-refractivity contribution in [2.45, 2.75) is 12.7 Å². The van der Waals surface area contributed by atoms with Gasteiger partial charge in [0.25, 0.3) is 5.56 Å². The minimum absolute atomic E-state index is 0.135. The molecule has 0 bridgehead atoms. The van der Waals surface area contributed by atoms with Crippen molar-refractivity contribution < 1.29 is 4.74 Å². The molecule has 0 aliphatic rings. The maximum Gasteiger partial charge on any atom is 0.257 e. The van der Waals surface area contributed by atoms with Gasteiger partial charge in [0.2, 0.25) is 0 Å². The van der Waals surface area contributed by atoms with Gasteiger partial charge in [-0.2, -0.15) is 11.8 Å². The molecule has 2 heterocycles. The number of aromatic amines is 1. The Morgan fingerprint density at radius 2 is 2.19 bits per heavy atom. The number of allylic oxidation sites excluding steroid dienone is 3. The number of thioether (sulfide) groups is 1. The highest BCUT2D eigenvalue weighted by Crippen LogP contribution is 2.25. The van der Waals surface area contributed by atoms with Crippen LogP contribution in [0.25, 0.3) is 22.2 Å². The van der Waals surface area contributed by atoms with E-state index in [1.807, 2.05) is 54.8 Å². The summed E-state index contributed by atoms with van der Waals surface area (Å²) in [5.74, 6) is 2.50. The van der Waals surface area contributed by atoms with E-state index >= 15 is 0 Å². The fourth-order valence-electron chi connectivity index (χ4n) is 2.46. The number of rotatable bonds is 7. The van der Waals surface area contributed by atoms with Crippen molar-refractivity contribution >= 4 is 34.0 Å². The summed E-state index contributed by atoms with van der Waals surface area (Å²) >= 11 is 3.39. The SMILES string of the molecule is C/C=C\C=C/CSCc1nc(-c2cc3ccc(OC)cc3[nH]c2=O)cs1. The monoisotopic (exact) mass is 384 g/mol. The molecule has 0 aliphatic heterocycles. The molecule has 1 N–H and O–H groups in total. The molecule has 0 spiro atoms. The molecule has 0 unspecified atom stereocenters. The lowest BCUT2D eigenvalue weighted by Gasteiger charge is -2.04. The van der Waals surface area contributed by atoms with Gasteiger partial charge in [-0.05, 0) is 30.5 Å². The van der Waals surface area contributed by atoms with E-state index in [0.29, 0.717) is 5.56 Å². The van der Waals surface area contributed by atoms with E-state index in [9.17, 15) is 4.79 Å². The molecule has 0 aliphatic carbocycles. The topological polar surface area (TPSA) is 55.0 Å². The molecule has 0 atom stereocenters. The van der Waals surface area contributed by atoms with Crippen LogP contribution in [0.3, 0.4) is 0 Å². The Kier molecular flexibility index (Phi) is 6.30. The van der Waals surface area contributed by atoms with Crippen LogP contribution in [0.2, 0.25) is 0 Å². The molecular formula is C20H20N2O2S2. The molecule has 3 rings (SSSR count). The summed E-state index contributed by atoms with van der Waals surface area (Å²) in [5.41, 5.74) is 1.96. The smallest absolute Gasteiger partial charge is 0.257 e. The Labute approximate surface area is 160 Å². The molecule has 0 radical (unpaired) electrons. The Balaban J connectivity index is 1.76. The molecule has 0 saturated carbocycles. The summed E-state index contributed by atoms with van der Waals surface area (Å²) in [7, 11) is 1.61. The fourth-order valence-corrected chi connectivity index (χ4v) is 4.16. The maximum atomic E-state index is 12.5. The third-order valence-corrected chi connectivity index (χ3v) is 5.70. The van der Waals surface area contributed by atoms with Gasteiger partial charge in [0.1, 0.15) is 10.8 Å². The van der Waals surface area contributed by atoms with Gasteiger partial charge in [0, 0.05) is 23.0 Å². The Hall–Kier alpha value is -2.31. The average Bonchev–Trinajstić information content (AvgIpc) is 3.12. The molecule has 134 valence electrons. The van der Waals surface area contributed by atoms with Crippen LogP contribution in [-0.4, -0.2) is 22.8 Å². The first-order valence-electron chi connectivity index (χ1n) is 8.22. The molecular weight excluding hydrogens is 364 g/mol. The summed E-state index contributed by atoms with van der Waals surface area (Å²) in [6.07, 6.45) is 8.19. The number of thiazole rings is 1. The second-order valence-electron chi connectivity index (χ2n) is 5.56. The van der Waals surface area contributed by atoms with Gasteiger partial charge < -0.3 is 9.72 Å². The van der Waals surface area contributed by atoms with Gasteiger partial charge in [0.05, 0.1) is 23.9 Å². The molecule has 4 nitrogen and oxygen atoms in total. The number of H-pyrrole nitrogens is 1. The van der Waals surface area contributed by atoms with Crippen LogP contribution < -0.4 is 10.3 Å². The van der Waals surface area contributed by atoms with Crippen LogP contribution in [0.1, 0.15) is 11.9 Å². The largest absolute Gasteiger partial charge is 0.497 e. The van der Waals surface area contributed by atoms with Crippen molar-refractivity contribution in [2.24, 2.45) is 0 Å². The van der Waals surface area contributed by atoms with Crippen LogP contribution in [0, 0.1) is 0 Å². The minimum atomic E-state index is -0.135. The number of nitrogens with zero attached hydrogens (tertiary/aromatic N) is 1. The van der Waals surface area contributed by atoms with Gasteiger partial charge >= 0.3 is 0 Å². The minimum Gasteiger partial charge on any atom is -0.497 e. The summed E-state index contributed by atoms with van der Waals surface area (Å²) in [5, 5.41) is 3.93. The molecule has 6 heteroatoms. The number of fused-ring (bicyclic) bond motifs is 1. The zero-order chi connectivity index (χ0) is 18.4. The van der Waals surface area contributed by atoms with Crippen molar-refractivity contribution in [1.29, 1.82) is 0 Å². The van der Waals surface area contributed by atoms with Crippen LogP contribution in [0.15, 0.2) is 58.7 Å². The number of ether oxygens (including phenoxy) is 1. The molecule has 0 fully saturated rings. The standard InChI is InChI=1S/C20H20N2O2S2/c1-3-4-5-6-9-25-13-19-21-18(12-26-19)16-10-14-7-8-15(24-2)11-17(14)22-20(16)23/h3-8,10-12H,9,13H2,1-2H3,(H,22,23)/b4-3-,6-5-. The van der Waals surface area contributed by atoms with Crippen LogP contribution >= 0.6 is 23.1 Å². The van der Waals surface area contributed by atoms with Crippen LogP contribution in [0.4, 0.5) is 0 Å². The van der Waals surface area contributed by atoms with Gasteiger partial charge in [0.15, 0.2) is 0 Å². The van der Waals surface area contributed by atoms with E-state index in [1.165, 1.54) is 0 Å². The predicted molar refractivity (Wildman–Crippen MR) is 112 cm³/mol. The predicted octanol–water partition coefficient (Wildman–Crippen LogP) is 5.03. The third-order valence-electron chi connectivity index (χ3n) is 3.76. The van der Waals surface area contributed by atoms with E-state index in [-0.39, 0.29) is 5.56 Å². The normalized spacial score (nSPS) is 11.8. The molecule has 26 heavy (non-hydrogen) atoms. The summed E-state index contributed by atoms with van der Waals surface area (Å²) in [6.45, 7) is 2.00. The molecule has 1 aromatic carbocycles. The lowest BCUT2D eigenvalue weighted by atomic mass is 10.1. The molecule has 0 saturated heterocycles. The average molecular weight is 385 g/mol. The second kappa shape index (κ2) is 8.87. The number of hydrogen-bond acceptors (Lipinski definition) is 5. The highest BCUT2D eigenvalue weighted by atomic mass is 32.2. The van der Waals surface area contributed by atoms with E-state index in [4.69, 9.17) is 4.74 Å².